The van der Waals surface area contributed by atoms with Crippen LogP contribution in [-0.4, -0.2) is 236 Å². The summed E-state index contributed by atoms with van der Waals surface area (Å²) in [6.45, 7) is 1.40. The number of rotatable bonds is 15. The van der Waals surface area contributed by atoms with E-state index in [2.05, 4.69) is 46.0 Å². The molecule has 27 nitrogen and oxygen atoms in total. The smallest absolute Gasteiger partial charge is 0.296 e. The molecule has 4 radical (unpaired) electrons. The first-order chi connectivity index (χ1) is 33.9. The van der Waals surface area contributed by atoms with Crippen LogP contribution in [0.3, 0.4) is 0 Å². The average molecular weight is 1160 g/mol. The molecule has 380 valence electrons. The molecular formula is C41H36N10Na4O17S4. The van der Waals surface area contributed by atoms with Crippen molar-refractivity contribution in [3.8, 4) is 23.0 Å². The second-order valence-corrected chi connectivity index (χ2v) is 20.7. The number of benzene rings is 6. The second-order valence-electron chi connectivity index (χ2n) is 15.1. The van der Waals surface area contributed by atoms with Gasteiger partial charge in [-0.2, -0.15) is 48.6 Å². The van der Waals surface area contributed by atoms with Crippen LogP contribution in [0.25, 0.3) is 21.5 Å². The molecule has 1 fully saturated rings. The maximum atomic E-state index is 12.7. The van der Waals surface area contributed by atoms with E-state index >= 15 is 0 Å². The molecule has 76 heavy (non-hydrogen) atoms. The zero-order valence-corrected chi connectivity index (χ0v) is 52.1. The molecule has 6 aromatic carbocycles. The molecule has 8 N–H and O–H groups in total. The van der Waals surface area contributed by atoms with E-state index in [4.69, 9.17) is 14.2 Å². The molecule has 0 aliphatic carbocycles. The molecule has 0 amide bonds. The van der Waals surface area contributed by atoms with Gasteiger partial charge in [-0.05, 0) is 83.6 Å². The summed E-state index contributed by atoms with van der Waals surface area (Å²) in [5, 5.41) is 43.6. The van der Waals surface area contributed by atoms with Crippen molar-refractivity contribution in [2.45, 2.75) is 19.6 Å². The topological polar surface area (TPSA) is 401 Å². The molecule has 0 atom stereocenters. The Kier molecular flexibility index (Phi) is 22.2. The number of methoxy groups -OCH3 is 2. The standard InChI is InChI=1S/C41H36N10O17S4.4Na/c1-66-25-5-9-29(31(19-25)69(54,55)56)47-49-35-33(71(60,61)62)17-21-15-23(3-7-27(21)37(35)52)42-39-44-40(46-41(45-39)51-11-13-68-14-12-51)43-24-4-8-28-22(16-24)18-34(72(63,64)65)36(38(28)53)50-48-30-10-6-26(67-2)20-32(30)70(57,58)59;;;;/h3-10,15-20,52-53H,11-14H2,1-2H3,(H,54,55,56)(H,57,58,59)(H,60,61,62)(H,63,64,65)(H2,42,43,44,45,46);;;;. The normalized spacial score (nSPS) is 13.1. The summed E-state index contributed by atoms with van der Waals surface area (Å²) < 4.78 is 154. The number of ether oxygens (including phenoxy) is 3. The first kappa shape index (κ1) is 64.8. The zero-order chi connectivity index (χ0) is 51.9. The second kappa shape index (κ2) is 26.0. The number of hydrogen-bond acceptors (Lipinski definition) is 23. The van der Waals surface area contributed by atoms with Gasteiger partial charge < -0.3 is 40.0 Å². The Hall–Kier alpha value is -3.75. The van der Waals surface area contributed by atoms with E-state index in [9.17, 15) is 62.1 Å². The van der Waals surface area contributed by atoms with E-state index in [0.29, 0.717) is 26.3 Å². The first-order valence-corrected chi connectivity index (χ1v) is 26.0. The Labute approximate surface area is 521 Å². The number of morpholine rings is 1. The number of fused-ring (bicyclic) bond motifs is 2. The molecule has 1 aliphatic heterocycles. The largest absolute Gasteiger partial charge is 0.505 e. The van der Waals surface area contributed by atoms with Gasteiger partial charge in [-0.3, -0.25) is 18.2 Å². The van der Waals surface area contributed by atoms with Gasteiger partial charge in [0.1, 0.15) is 53.8 Å². The van der Waals surface area contributed by atoms with E-state index in [1.54, 1.807) is 4.90 Å². The Morgan fingerprint density at radius 3 is 1.25 bits per heavy atom. The molecule has 1 aliphatic rings. The maximum Gasteiger partial charge on any atom is 0.296 e. The van der Waals surface area contributed by atoms with Gasteiger partial charge in [0.2, 0.25) is 17.8 Å². The molecule has 1 saturated heterocycles. The molecule has 0 saturated carbocycles. The number of nitrogens with zero attached hydrogens (tertiary/aromatic N) is 8. The van der Waals surface area contributed by atoms with Crippen LogP contribution in [0.2, 0.25) is 0 Å². The summed E-state index contributed by atoms with van der Waals surface area (Å²) in [6, 6.07) is 16.9. The molecule has 0 bridgehead atoms. The van der Waals surface area contributed by atoms with Crippen LogP contribution >= 0.6 is 0 Å². The third kappa shape index (κ3) is 14.9. The van der Waals surface area contributed by atoms with Crippen molar-refractivity contribution in [2.24, 2.45) is 20.5 Å². The van der Waals surface area contributed by atoms with Crippen molar-refractivity contribution < 1.29 is 76.3 Å². The van der Waals surface area contributed by atoms with E-state index in [1.165, 1.54) is 62.8 Å². The third-order valence-corrected chi connectivity index (χ3v) is 14.0. The van der Waals surface area contributed by atoms with Gasteiger partial charge in [0, 0.05) is 166 Å². The van der Waals surface area contributed by atoms with E-state index in [1.807, 2.05) is 0 Å². The summed E-state index contributed by atoms with van der Waals surface area (Å²) in [7, 11) is -17.6. The summed E-state index contributed by atoms with van der Waals surface area (Å²) >= 11 is 0. The molecule has 0 unspecified atom stereocenters. The van der Waals surface area contributed by atoms with E-state index in [-0.39, 0.29) is 180 Å². The number of azo groups is 2. The van der Waals surface area contributed by atoms with Gasteiger partial charge in [0.25, 0.3) is 40.5 Å². The van der Waals surface area contributed by atoms with Crippen LogP contribution in [0.5, 0.6) is 23.0 Å². The van der Waals surface area contributed by atoms with Crippen molar-refractivity contribution in [3.63, 3.8) is 0 Å². The number of hydrogen-bond donors (Lipinski definition) is 8. The minimum Gasteiger partial charge on any atom is -0.505 e. The van der Waals surface area contributed by atoms with Gasteiger partial charge in [0.05, 0.1) is 27.4 Å². The molecule has 0 spiro atoms. The molecule has 2 heterocycles. The summed E-state index contributed by atoms with van der Waals surface area (Å²) in [5.74, 6) is -1.51. The number of aromatic hydroxyl groups is 2. The summed E-state index contributed by atoms with van der Waals surface area (Å²) in [6.07, 6.45) is 0. The predicted molar refractivity (Wildman–Crippen MR) is 277 cm³/mol. The molecule has 8 rings (SSSR count). The Morgan fingerprint density at radius 1 is 0.513 bits per heavy atom. The average Bonchev–Trinajstić information content (AvgIpc) is 3.32. The zero-order valence-electron chi connectivity index (χ0n) is 40.8. The molecule has 1 aromatic heterocycles. The van der Waals surface area contributed by atoms with Crippen LogP contribution in [-0.2, 0) is 45.2 Å². The van der Waals surface area contributed by atoms with Crippen LogP contribution in [0.1, 0.15) is 0 Å². The molecule has 35 heteroatoms. The quantitative estimate of drug-likeness (QED) is 0.0370. The maximum absolute atomic E-state index is 12.7. The van der Waals surface area contributed by atoms with E-state index < -0.39 is 94.3 Å². The molecular weight excluding hydrogens is 1120 g/mol. The Balaban J connectivity index is 0.00000312. The SMILES string of the molecule is COc1ccc(N=Nc2c(S(=O)(=O)O)cc3cc(Nc4nc(Nc5ccc6c(O)c(N=Nc7ccc(OC)cc7S(=O)(=O)O)c(S(=O)(=O)O)cc6c5)nc(N5CCOCC5)n4)ccc3c2O)c(S(=O)(=O)O)c1.[Na].[Na].[Na].[Na]. The Morgan fingerprint density at radius 2 is 0.895 bits per heavy atom. The van der Waals surface area contributed by atoms with Crippen molar-refractivity contribution in [3.05, 3.63) is 84.9 Å². The number of anilines is 5. The predicted octanol–water partition coefficient (Wildman–Crippen LogP) is 5.22. The van der Waals surface area contributed by atoms with Crippen molar-refractivity contribution >= 4 is 232 Å². The summed E-state index contributed by atoms with van der Waals surface area (Å²) in [5.41, 5.74) is -2.03. The fourth-order valence-electron chi connectivity index (χ4n) is 7.11. The van der Waals surface area contributed by atoms with Gasteiger partial charge >= 0.3 is 0 Å². The van der Waals surface area contributed by atoms with Gasteiger partial charge in [0.15, 0.2) is 11.5 Å². The van der Waals surface area contributed by atoms with Crippen molar-refractivity contribution in [1.82, 2.24) is 15.0 Å². The number of phenolic OH excluding ortho intramolecular Hbond substituents is 2. The third-order valence-electron chi connectivity index (χ3n) is 10.5. The monoisotopic (exact) mass is 1160 g/mol. The van der Waals surface area contributed by atoms with E-state index in [0.717, 1.165) is 36.4 Å². The minimum absolute atomic E-state index is 0. The van der Waals surface area contributed by atoms with Crippen LogP contribution in [0, 0.1) is 0 Å². The molecule has 7 aromatic rings. The van der Waals surface area contributed by atoms with Gasteiger partial charge in [-0.15, -0.1) is 20.5 Å². The number of aromatic nitrogens is 3. The van der Waals surface area contributed by atoms with Gasteiger partial charge in [-0.25, -0.2) is 0 Å². The van der Waals surface area contributed by atoms with Crippen LogP contribution in [0.4, 0.5) is 52.0 Å². The van der Waals surface area contributed by atoms with Crippen LogP contribution in [0.15, 0.2) is 125 Å². The van der Waals surface area contributed by atoms with Crippen LogP contribution < -0.4 is 25.0 Å². The fraction of sp³-hybridized carbons (Fsp3) is 0.146. The number of phenols is 2. The first-order valence-electron chi connectivity index (χ1n) is 20.2. The van der Waals surface area contributed by atoms with Crippen molar-refractivity contribution in [1.29, 1.82) is 0 Å². The Bertz CT molecular complexity index is 3660. The minimum atomic E-state index is -5.15. The van der Waals surface area contributed by atoms with Gasteiger partial charge in [-0.1, -0.05) is 0 Å². The fourth-order valence-corrected chi connectivity index (χ4v) is 9.71. The number of nitrogens with one attached hydrogen (secondary N) is 2. The van der Waals surface area contributed by atoms with Crippen molar-refractivity contribution in [2.75, 3.05) is 56.1 Å². The summed E-state index contributed by atoms with van der Waals surface area (Å²) in [4.78, 5) is 12.0.